The molecule has 0 aliphatic carbocycles. The predicted octanol–water partition coefficient (Wildman–Crippen LogP) is 0.256. The highest BCUT2D eigenvalue weighted by Crippen LogP contribution is 2.13. The Morgan fingerprint density at radius 3 is 2.08 bits per heavy atom. The summed E-state index contributed by atoms with van der Waals surface area (Å²) in [6, 6.07) is 0.893. The Morgan fingerprint density at radius 1 is 1.17 bits per heavy atom. The van der Waals surface area contributed by atoms with E-state index in [1.807, 2.05) is 0 Å². The van der Waals surface area contributed by atoms with Crippen LogP contribution in [-0.4, -0.2) is 42.7 Å². The van der Waals surface area contributed by atoms with E-state index >= 15 is 0 Å². The van der Waals surface area contributed by atoms with Gasteiger partial charge in [0.05, 0.1) is 6.23 Å². The number of rotatable bonds is 7. The molecule has 5 heteroatoms. The molecule has 0 atom stereocenters. The van der Waals surface area contributed by atoms with Crippen LogP contribution in [0.2, 0.25) is 6.04 Å². The maximum Gasteiger partial charge on any atom is 0.364 e. The van der Waals surface area contributed by atoms with Crippen molar-refractivity contribution in [1.82, 2.24) is 0 Å². The quantitative estimate of drug-likeness (QED) is 0.589. The van der Waals surface area contributed by atoms with Crippen LogP contribution in [0.25, 0.3) is 0 Å². The van der Waals surface area contributed by atoms with Gasteiger partial charge in [-0.1, -0.05) is 0 Å². The van der Waals surface area contributed by atoms with Gasteiger partial charge in [0.1, 0.15) is 0 Å². The van der Waals surface area contributed by atoms with Crippen molar-refractivity contribution >= 4 is 8.56 Å². The van der Waals surface area contributed by atoms with Gasteiger partial charge in [-0.05, 0) is 19.0 Å². The summed E-state index contributed by atoms with van der Waals surface area (Å²) >= 11 is 0. The van der Waals surface area contributed by atoms with Gasteiger partial charge < -0.3 is 19.3 Å². The highest BCUT2D eigenvalue weighted by atomic mass is 28.4. The Kier molecular flexibility index (Phi) is 6.59. The normalized spacial score (nSPS) is 12.0. The molecule has 0 aromatic rings. The second-order valence-electron chi connectivity index (χ2n) is 2.64. The summed E-state index contributed by atoms with van der Waals surface area (Å²) in [4.78, 5) is 0. The zero-order valence-electron chi connectivity index (χ0n) is 8.13. The van der Waals surface area contributed by atoms with Gasteiger partial charge in [-0.25, -0.2) is 0 Å². The van der Waals surface area contributed by atoms with Crippen molar-refractivity contribution in [3.63, 3.8) is 0 Å². The highest BCUT2D eigenvalue weighted by Gasteiger charge is 2.34. The van der Waals surface area contributed by atoms with Crippen molar-refractivity contribution in [3.8, 4) is 0 Å². The molecule has 74 valence electrons. The smallest absolute Gasteiger partial charge is 0.364 e. The van der Waals surface area contributed by atoms with Gasteiger partial charge in [0, 0.05) is 21.3 Å². The minimum absolute atomic E-state index is 0.569. The van der Waals surface area contributed by atoms with Gasteiger partial charge in [0.2, 0.25) is 0 Å². The van der Waals surface area contributed by atoms with Crippen molar-refractivity contribution in [2.45, 2.75) is 12.5 Å². The third-order valence-electron chi connectivity index (χ3n) is 1.87. The molecule has 0 aromatic heterocycles. The summed E-state index contributed by atoms with van der Waals surface area (Å²) in [5.41, 5.74) is 5.41. The topological polar surface area (TPSA) is 53.7 Å². The lowest BCUT2D eigenvalue weighted by Crippen LogP contribution is -2.45. The first-order valence-corrected chi connectivity index (χ1v) is 6.27. The first-order chi connectivity index (χ1) is 5.74. The van der Waals surface area contributed by atoms with Crippen LogP contribution in [0.3, 0.4) is 0 Å². The minimum Gasteiger partial charge on any atom is -0.396 e. The predicted molar refractivity (Wildman–Crippen MR) is 50.1 cm³/mol. The maximum absolute atomic E-state index is 5.41. The van der Waals surface area contributed by atoms with Crippen LogP contribution >= 0.6 is 0 Å². The van der Waals surface area contributed by atoms with E-state index < -0.39 is 8.56 Å². The molecule has 12 heavy (non-hydrogen) atoms. The van der Waals surface area contributed by atoms with Gasteiger partial charge in [-0.2, -0.15) is 0 Å². The van der Waals surface area contributed by atoms with Crippen molar-refractivity contribution in [1.29, 1.82) is 0 Å². The van der Waals surface area contributed by atoms with E-state index in [2.05, 4.69) is 0 Å². The zero-order chi connectivity index (χ0) is 9.45. The summed E-state index contributed by atoms with van der Waals surface area (Å²) in [6.45, 7) is 0.672. The molecular weight excluding hydrogens is 174 g/mol. The largest absolute Gasteiger partial charge is 0.396 e. The van der Waals surface area contributed by atoms with Crippen molar-refractivity contribution < 1.29 is 13.6 Å². The Bertz CT molecular complexity index is 109. The fourth-order valence-corrected chi connectivity index (χ4v) is 3.21. The maximum atomic E-state index is 5.41. The second kappa shape index (κ2) is 6.56. The highest BCUT2D eigenvalue weighted by molar-refractivity contribution is 6.67. The van der Waals surface area contributed by atoms with Crippen LogP contribution in [-0.2, 0) is 13.6 Å². The molecule has 0 unspecified atom stereocenters. The van der Waals surface area contributed by atoms with Crippen molar-refractivity contribution in [2.24, 2.45) is 5.73 Å². The average molecular weight is 193 g/mol. The number of methoxy groups -OCH3 is 1. The molecule has 0 fully saturated rings. The summed E-state index contributed by atoms with van der Waals surface area (Å²) in [6.07, 6.45) is 1.50. The Morgan fingerprint density at radius 2 is 1.75 bits per heavy atom. The molecule has 0 heterocycles. The number of ether oxygens (including phenoxy) is 1. The van der Waals surface area contributed by atoms with E-state index in [1.54, 1.807) is 21.3 Å². The fraction of sp³-hybridized carbons (Fsp3) is 1.00. The molecule has 0 amide bonds. The molecule has 0 aliphatic rings. The second-order valence-corrected chi connectivity index (χ2v) is 6.07. The molecule has 0 aromatic carbocycles. The lowest BCUT2D eigenvalue weighted by Gasteiger charge is -2.26. The molecular formula is C7H19NO3Si. The van der Waals surface area contributed by atoms with Crippen LogP contribution < -0.4 is 5.73 Å². The van der Waals surface area contributed by atoms with E-state index in [0.717, 1.165) is 12.5 Å². The average Bonchev–Trinajstić information content (AvgIpc) is 2.13. The fourth-order valence-electron chi connectivity index (χ4n) is 1.07. The minimum atomic E-state index is -2.07. The van der Waals surface area contributed by atoms with E-state index in [0.29, 0.717) is 12.8 Å². The molecule has 0 radical (unpaired) electrons. The Hall–Kier alpha value is 0.0569. The van der Waals surface area contributed by atoms with E-state index in [4.69, 9.17) is 19.3 Å². The molecule has 0 spiro atoms. The molecule has 0 saturated carbocycles. The number of hydrogen-bond donors (Lipinski definition) is 1. The van der Waals surface area contributed by atoms with Crippen LogP contribution in [0.4, 0.5) is 0 Å². The first kappa shape index (κ1) is 12.1. The third-order valence-corrected chi connectivity index (χ3v) is 5.20. The monoisotopic (exact) mass is 193 g/mol. The summed E-state index contributed by atoms with van der Waals surface area (Å²) < 4.78 is 15.8. The third kappa shape index (κ3) is 3.64. The van der Waals surface area contributed by atoms with Crippen LogP contribution in [0.1, 0.15) is 6.42 Å². The molecule has 0 rings (SSSR count). The molecule has 0 saturated heterocycles. The van der Waals surface area contributed by atoms with E-state index in [1.165, 1.54) is 0 Å². The number of hydrogen-bond acceptors (Lipinski definition) is 4. The summed E-state index contributed by atoms with van der Waals surface area (Å²) in [5.74, 6) is 0. The van der Waals surface area contributed by atoms with E-state index in [-0.39, 0.29) is 0 Å². The number of nitrogens with two attached hydrogens (primary N) is 1. The van der Waals surface area contributed by atoms with Gasteiger partial charge in [-0.15, -0.1) is 0 Å². The molecule has 4 nitrogen and oxygen atoms in total. The zero-order valence-corrected chi connectivity index (χ0v) is 9.13. The Labute approximate surface area is 75.2 Å². The van der Waals surface area contributed by atoms with Gasteiger partial charge >= 0.3 is 8.56 Å². The van der Waals surface area contributed by atoms with Gasteiger partial charge in [-0.3, -0.25) is 0 Å². The van der Waals surface area contributed by atoms with Gasteiger partial charge in [0.25, 0.3) is 0 Å². The van der Waals surface area contributed by atoms with Gasteiger partial charge in [0.15, 0.2) is 0 Å². The lowest BCUT2D eigenvalue weighted by atomic mass is 10.5. The molecule has 2 N–H and O–H groups in total. The standard InChI is InChI=1S/C7H19NO3Si/c1-9-7-12(10-2,11-3)6-4-5-8/h4-8H2,1-3H3. The Balaban J connectivity index is 3.95. The molecule has 0 aliphatic heterocycles. The SMILES string of the molecule is COC[Si](CCCN)(OC)OC. The van der Waals surface area contributed by atoms with Crippen molar-refractivity contribution in [3.05, 3.63) is 0 Å². The first-order valence-electron chi connectivity index (χ1n) is 4.04. The molecule has 0 bridgehead atoms. The summed E-state index contributed by atoms with van der Waals surface area (Å²) in [7, 11) is 2.93. The van der Waals surface area contributed by atoms with E-state index in [9.17, 15) is 0 Å². The van der Waals surface area contributed by atoms with Crippen molar-refractivity contribution in [2.75, 3.05) is 34.1 Å². The van der Waals surface area contributed by atoms with Crippen LogP contribution in [0.5, 0.6) is 0 Å². The van der Waals surface area contributed by atoms with Crippen LogP contribution in [0, 0.1) is 0 Å². The summed E-state index contributed by atoms with van der Waals surface area (Å²) in [5, 5.41) is 0. The van der Waals surface area contributed by atoms with Crippen LogP contribution in [0.15, 0.2) is 0 Å². The lowest BCUT2D eigenvalue weighted by molar-refractivity contribution is 0.162.